The molecule has 3 rings (SSSR count). The van der Waals surface area contributed by atoms with E-state index >= 15 is 0 Å². The highest BCUT2D eigenvalue weighted by atomic mass is 16.2. The lowest BCUT2D eigenvalue weighted by Crippen LogP contribution is -2.45. The topological polar surface area (TPSA) is 91.4 Å². The minimum Gasteiger partial charge on any atom is -0.347 e. The summed E-state index contributed by atoms with van der Waals surface area (Å²) in [7, 11) is 0. The van der Waals surface area contributed by atoms with Crippen molar-refractivity contribution in [1.29, 1.82) is 0 Å². The molecule has 1 aromatic rings. The van der Waals surface area contributed by atoms with Crippen LogP contribution in [0, 0.1) is 17.8 Å². The molecule has 1 saturated carbocycles. The summed E-state index contributed by atoms with van der Waals surface area (Å²) in [5.41, 5.74) is 0.732. The minimum absolute atomic E-state index is 0.0191. The van der Waals surface area contributed by atoms with Gasteiger partial charge >= 0.3 is 0 Å². The van der Waals surface area contributed by atoms with Gasteiger partial charge in [-0.25, -0.2) is 0 Å². The molecular formula is C18H24N4O3. The van der Waals surface area contributed by atoms with Crippen LogP contribution >= 0.6 is 0 Å². The summed E-state index contributed by atoms with van der Waals surface area (Å²) in [6, 6.07) is 3.50. The number of hydrogen-bond acceptors (Lipinski definition) is 4. The maximum absolute atomic E-state index is 12.3. The van der Waals surface area contributed by atoms with Gasteiger partial charge in [-0.15, -0.1) is 0 Å². The number of aromatic nitrogens is 1. The van der Waals surface area contributed by atoms with Crippen LogP contribution in [0.3, 0.4) is 0 Å². The van der Waals surface area contributed by atoms with Crippen LogP contribution in [-0.4, -0.2) is 47.2 Å². The number of nitrogens with zero attached hydrogens (tertiary/aromatic N) is 2. The third kappa shape index (κ3) is 4.55. The molecule has 0 spiro atoms. The maximum atomic E-state index is 12.3. The van der Waals surface area contributed by atoms with Crippen LogP contribution in [0.5, 0.6) is 0 Å². The van der Waals surface area contributed by atoms with Gasteiger partial charge < -0.3 is 15.5 Å². The van der Waals surface area contributed by atoms with E-state index in [1.165, 1.54) is 0 Å². The van der Waals surface area contributed by atoms with Gasteiger partial charge in [-0.3, -0.25) is 19.4 Å². The van der Waals surface area contributed by atoms with Gasteiger partial charge in [-0.2, -0.15) is 0 Å². The molecule has 0 radical (unpaired) electrons. The van der Waals surface area contributed by atoms with E-state index in [1.54, 1.807) is 29.4 Å². The number of rotatable bonds is 5. The van der Waals surface area contributed by atoms with Crippen molar-refractivity contribution in [2.24, 2.45) is 17.8 Å². The highest BCUT2D eigenvalue weighted by Crippen LogP contribution is 2.37. The van der Waals surface area contributed by atoms with Gasteiger partial charge in [0, 0.05) is 43.0 Å². The zero-order valence-electron chi connectivity index (χ0n) is 14.4. The Labute approximate surface area is 147 Å². The second kappa shape index (κ2) is 7.63. The fourth-order valence-corrected chi connectivity index (χ4v) is 3.16. The normalized spacial score (nSPS) is 23.0. The molecule has 1 aliphatic heterocycles. The molecular weight excluding hydrogens is 320 g/mol. The van der Waals surface area contributed by atoms with Gasteiger partial charge in [0.1, 0.15) is 0 Å². The number of likely N-dealkylation sites (tertiary alicyclic amines) is 1. The molecule has 2 fully saturated rings. The van der Waals surface area contributed by atoms with Crippen molar-refractivity contribution in [2.45, 2.75) is 26.2 Å². The SMILES string of the molecule is C[C@@H]1C[C@H]1C(=O)NCC(=O)N1CCC(C(=O)Nc2ccncc2)CC1. The smallest absolute Gasteiger partial charge is 0.241 e. The van der Waals surface area contributed by atoms with Gasteiger partial charge in [-0.1, -0.05) is 6.92 Å². The highest BCUT2D eigenvalue weighted by Gasteiger charge is 2.39. The van der Waals surface area contributed by atoms with E-state index < -0.39 is 0 Å². The minimum atomic E-state index is -0.0980. The first-order chi connectivity index (χ1) is 12.0. The Bertz CT molecular complexity index is 641. The van der Waals surface area contributed by atoms with E-state index in [1.807, 2.05) is 6.92 Å². The van der Waals surface area contributed by atoms with E-state index in [4.69, 9.17) is 0 Å². The van der Waals surface area contributed by atoms with E-state index in [0.717, 1.165) is 12.1 Å². The molecule has 1 saturated heterocycles. The predicted molar refractivity (Wildman–Crippen MR) is 92.5 cm³/mol. The van der Waals surface area contributed by atoms with E-state index in [2.05, 4.69) is 15.6 Å². The Balaban J connectivity index is 1.39. The standard InChI is InChI=1S/C18H24N4O3/c1-12-10-15(12)18(25)20-11-16(23)22-8-4-13(5-9-22)17(24)21-14-2-6-19-7-3-14/h2-3,6-7,12-13,15H,4-5,8-11H2,1H3,(H,20,25)(H,19,21,24)/t12-,15-/m1/s1. The van der Waals surface area contributed by atoms with Crippen molar-refractivity contribution in [2.75, 3.05) is 25.0 Å². The number of carbonyl (C=O) groups excluding carboxylic acids is 3. The van der Waals surface area contributed by atoms with E-state index in [9.17, 15) is 14.4 Å². The molecule has 7 heteroatoms. The van der Waals surface area contributed by atoms with Gasteiger partial charge in [0.2, 0.25) is 17.7 Å². The van der Waals surface area contributed by atoms with Crippen LogP contribution in [0.15, 0.2) is 24.5 Å². The summed E-state index contributed by atoms with van der Waals surface area (Å²) in [6.07, 6.45) is 5.45. The first kappa shape index (κ1) is 17.4. The summed E-state index contributed by atoms with van der Waals surface area (Å²) in [4.78, 5) is 41.9. The lowest BCUT2D eigenvalue weighted by molar-refractivity contribution is -0.135. The molecule has 0 unspecified atom stereocenters. The second-order valence-corrected chi connectivity index (χ2v) is 6.92. The number of anilines is 1. The fraction of sp³-hybridized carbons (Fsp3) is 0.556. The first-order valence-electron chi connectivity index (χ1n) is 8.81. The average Bonchev–Trinajstić information content (AvgIpc) is 3.37. The molecule has 3 amide bonds. The molecule has 2 aliphatic rings. The van der Waals surface area contributed by atoms with Crippen LogP contribution in [0.4, 0.5) is 5.69 Å². The molecule has 2 heterocycles. The number of amides is 3. The van der Waals surface area contributed by atoms with Crippen molar-refractivity contribution in [3.63, 3.8) is 0 Å². The average molecular weight is 344 g/mol. The number of hydrogen-bond donors (Lipinski definition) is 2. The molecule has 1 aromatic heterocycles. The zero-order valence-corrected chi connectivity index (χ0v) is 14.4. The number of nitrogens with one attached hydrogen (secondary N) is 2. The Hall–Kier alpha value is -2.44. The predicted octanol–water partition coefficient (Wildman–Crippen LogP) is 1.03. The van der Waals surface area contributed by atoms with Crippen LogP contribution in [-0.2, 0) is 14.4 Å². The Morgan fingerprint density at radius 3 is 2.40 bits per heavy atom. The molecule has 134 valence electrons. The van der Waals surface area contributed by atoms with Crippen LogP contribution in [0.25, 0.3) is 0 Å². The third-order valence-electron chi connectivity index (χ3n) is 5.03. The van der Waals surface area contributed by atoms with Gasteiger partial charge in [0.25, 0.3) is 0 Å². The molecule has 7 nitrogen and oxygen atoms in total. The second-order valence-electron chi connectivity index (χ2n) is 6.92. The number of carbonyl (C=O) groups is 3. The lowest BCUT2D eigenvalue weighted by Gasteiger charge is -2.31. The zero-order chi connectivity index (χ0) is 17.8. The summed E-state index contributed by atoms with van der Waals surface area (Å²) >= 11 is 0. The Morgan fingerprint density at radius 1 is 1.16 bits per heavy atom. The van der Waals surface area contributed by atoms with Crippen LogP contribution in [0.2, 0.25) is 0 Å². The third-order valence-corrected chi connectivity index (χ3v) is 5.03. The van der Waals surface area contributed by atoms with Gasteiger partial charge in [0.15, 0.2) is 0 Å². The van der Waals surface area contributed by atoms with E-state index in [0.29, 0.717) is 31.8 Å². The number of piperidine rings is 1. The molecule has 0 bridgehead atoms. The number of pyridine rings is 1. The van der Waals surface area contributed by atoms with Crippen LogP contribution in [0.1, 0.15) is 26.2 Å². The van der Waals surface area contributed by atoms with Crippen molar-refractivity contribution in [3.8, 4) is 0 Å². The maximum Gasteiger partial charge on any atom is 0.241 e. The largest absolute Gasteiger partial charge is 0.347 e. The van der Waals surface area contributed by atoms with Gasteiger partial charge in [-0.05, 0) is 37.3 Å². The first-order valence-corrected chi connectivity index (χ1v) is 8.81. The molecule has 0 aromatic carbocycles. The summed E-state index contributed by atoms with van der Waals surface area (Å²) in [5, 5.41) is 5.60. The summed E-state index contributed by atoms with van der Waals surface area (Å²) in [5.74, 6) is 0.302. The fourth-order valence-electron chi connectivity index (χ4n) is 3.16. The summed E-state index contributed by atoms with van der Waals surface area (Å²) in [6.45, 7) is 3.18. The molecule has 25 heavy (non-hydrogen) atoms. The van der Waals surface area contributed by atoms with Crippen molar-refractivity contribution in [3.05, 3.63) is 24.5 Å². The molecule has 2 N–H and O–H groups in total. The summed E-state index contributed by atoms with van der Waals surface area (Å²) < 4.78 is 0. The van der Waals surface area contributed by atoms with Crippen LogP contribution < -0.4 is 10.6 Å². The molecule has 1 aliphatic carbocycles. The van der Waals surface area contributed by atoms with Gasteiger partial charge in [0.05, 0.1) is 6.54 Å². The highest BCUT2D eigenvalue weighted by molar-refractivity contribution is 5.92. The quantitative estimate of drug-likeness (QED) is 0.835. The van der Waals surface area contributed by atoms with Crippen molar-refractivity contribution >= 4 is 23.4 Å². The monoisotopic (exact) mass is 344 g/mol. The Morgan fingerprint density at radius 2 is 1.80 bits per heavy atom. The molecule has 2 atom stereocenters. The van der Waals surface area contributed by atoms with Crippen molar-refractivity contribution in [1.82, 2.24) is 15.2 Å². The van der Waals surface area contributed by atoms with Crippen molar-refractivity contribution < 1.29 is 14.4 Å². The van der Waals surface area contributed by atoms with E-state index in [-0.39, 0.29) is 36.1 Å². The Kier molecular flexibility index (Phi) is 5.31. The lowest BCUT2D eigenvalue weighted by atomic mass is 9.95.